The van der Waals surface area contributed by atoms with Crippen LogP contribution in [0.25, 0.3) is 31.6 Å². The van der Waals surface area contributed by atoms with Gasteiger partial charge in [0.1, 0.15) is 0 Å². The predicted octanol–water partition coefficient (Wildman–Crippen LogP) is 5.21. The first-order valence-electron chi connectivity index (χ1n) is 6.19. The molecule has 0 unspecified atom stereocenters. The van der Waals surface area contributed by atoms with Crippen LogP contribution in [0.3, 0.4) is 0 Å². The van der Waals surface area contributed by atoms with Gasteiger partial charge >= 0.3 is 0 Å². The largest absolute Gasteiger partial charge is 0.256 e. The molecule has 0 N–H and O–H groups in total. The van der Waals surface area contributed by atoms with Gasteiger partial charge in [-0.05, 0) is 35.9 Å². The van der Waals surface area contributed by atoms with Crippen LogP contribution in [0.1, 0.15) is 0 Å². The van der Waals surface area contributed by atoms with Gasteiger partial charge in [-0.15, -0.1) is 11.3 Å². The van der Waals surface area contributed by atoms with Crippen LogP contribution in [0.5, 0.6) is 0 Å². The number of halogens is 2. The van der Waals surface area contributed by atoms with E-state index in [-0.39, 0.29) is 5.28 Å². The Bertz CT molecular complexity index is 967. The Hall–Kier alpha value is -1.75. The molecule has 0 aliphatic carbocycles. The second-order valence-corrected chi connectivity index (χ2v) is 6.24. The molecule has 3 aromatic heterocycles. The van der Waals surface area contributed by atoms with Crippen molar-refractivity contribution in [2.24, 2.45) is 0 Å². The Balaban J connectivity index is 2.05. The van der Waals surface area contributed by atoms with E-state index >= 15 is 0 Å². The van der Waals surface area contributed by atoms with Crippen molar-refractivity contribution in [3.05, 3.63) is 53.0 Å². The molecule has 0 aliphatic rings. The number of rotatable bonds is 1. The second kappa shape index (κ2) is 4.91. The second-order valence-electron chi connectivity index (χ2n) is 4.49. The molecule has 3 nitrogen and oxygen atoms in total. The topological polar surface area (TPSA) is 38.7 Å². The van der Waals surface area contributed by atoms with E-state index in [1.165, 1.54) is 0 Å². The van der Waals surface area contributed by atoms with Gasteiger partial charge in [0.05, 0.1) is 15.9 Å². The minimum absolute atomic E-state index is 0.162. The zero-order chi connectivity index (χ0) is 14.4. The van der Waals surface area contributed by atoms with Crippen molar-refractivity contribution >= 4 is 54.8 Å². The molecule has 0 bridgehead atoms. The molecule has 0 spiro atoms. The van der Waals surface area contributed by atoms with Crippen LogP contribution in [0, 0.1) is 0 Å². The Kier molecular flexibility index (Phi) is 3.03. The molecule has 0 amide bonds. The van der Waals surface area contributed by atoms with E-state index in [9.17, 15) is 0 Å². The first-order valence-corrected chi connectivity index (χ1v) is 7.76. The summed E-state index contributed by atoms with van der Waals surface area (Å²) in [5, 5.41) is 1.57. The lowest BCUT2D eigenvalue weighted by molar-refractivity contribution is 1.23. The number of nitrogens with zero attached hydrogens (tertiary/aromatic N) is 3. The number of aromatic nitrogens is 3. The summed E-state index contributed by atoms with van der Waals surface area (Å²) in [6.07, 6.45) is 1.78. The van der Waals surface area contributed by atoms with Gasteiger partial charge in [0, 0.05) is 21.8 Å². The summed E-state index contributed by atoms with van der Waals surface area (Å²) in [5.41, 5.74) is 2.75. The molecule has 0 aliphatic heterocycles. The molecule has 3 heterocycles. The molecule has 6 heteroatoms. The lowest BCUT2D eigenvalue weighted by Gasteiger charge is -2.00. The van der Waals surface area contributed by atoms with Gasteiger partial charge in [-0.2, -0.15) is 0 Å². The summed E-state index contributed by atoms with van der Waals surface area (Å²) >= 11 is 13.6. The highest BCUT2D eigenvalue weighted by atomic mass is 35.5. The SMILES string of the molecule is Clc1nc(Cl)c2sc3ccc(-c4ccccn4)cc3c2n1. The maximum atomic E-state index is 6.15. The molecule has 4 aromatic rings. The predicted molar refractivity (Wildman–Crippen MR) is 88.2 cm³/mol. The molecule has 0 atom stereocenters. The molecule has 0 radical (unpaired) electrons. The van der Waals surface area contributed by atoms with Crippen LogP contribution in [0.15, 0.2) is 42.6 Å². The summed E-state index contributed by atoms with van der Waals surface area (Å²) in [6.45, 7) is 0. The van der Waals surface area contributed by atoms with Gasteiger partial charge in [0.15, 0.2) is 5.15 Å². The molecular weight excluding hydrogens is 325 g/mol. The Morgan fingerprint density at radius 1 is 1.00 bits per heavy atom. The monoisotopic (exact) mass is 331 g/mol. The van der Waals surface area contributed by atoms with E-state index in [2.05, 4.69) is 27.1 Å². The first kappa shape index (κ1) is 13.0. The van der Waals surface area contributed by atoms with Crippen LogP contribution in [0.2, 0.25) is 10.4 Å². The van der Waals surface area contributed by atoms with Gasteiger partial charge in [-0.1, -0.05) is 23.7 Å². The van der Waals surface area contributed by atoms with E-state index in [0.717, 1.165) is 31.6 Å². The molecule has 0 saturated carbocycles. The lowest BCUT2D eigenvalue weighted by atomic mass is 10.1. The zero-order valence-corrected chi connectivity index (χ0v) is 12.9. The van der Waals surface area contributed by atoms with Crippen molar-refractivity contribution in [1.29, 1.82) is 0 Å². The van der Waals surface area contributed by atoms with E-state index in [1.54, 1.807) is 17.5 Å². The minimum Gasteiger partial charge on any atom is -0.256 e. The number of thiophene rings is 1. The fourth-order valence-electron chi connectivity index (χ4n) is 2.28. The summed E-state index contributed by atoms with van der Waals surface area (Å²) in [7, 11) is 0. The molecule has 4 rings (SSSR count). The van der Waals surface area contributed by atoms with Crippen LogP contribution in [0.4, 0.5) is 0 Å². The molecule has 102 valence electrons. The summed E-state index contributed by atoms with van der Waals surface area (Å²) in [5.74, 6) is 0. The number of fused-ring (bicyclic) bond motifs is 3. The average molecular weight is 332 g/mol. The summed E-state index contributed by atoms with van der Waals surface area (Å²) in [4.78, 5) is 12.7. The number of hydrogen-bond acceptors (Lipinski definition) is 4. The van der Waals surface area contributed by atoms with Crippen molar-refractivity contribution in [2.45, 2.75) is 0 Å². The van der Waals surface area contributed by atoms with Crippen LogP contribution in [-0.2, 0) is 0 Å². The molecular formula is C15H7Cl2N3S. The van der Waals surface area contributed by atoms with Gasteiger partial charge in [-0.25, -0.2) is 9.97 Å². The van der Waals surface area contributed by atoms with Crippen LogP contribution >= 0.6 is 34.5 Å². The van der Waals surface area contributed by atoms with Crippen molar-refractivity contribution in [3.8, 4) is 11.3 Å². The van der Waals surface area contributed by atoms with Crippen molar-refractivity contribution in [2.75, 3.05) is 0 Å². The first-order chi connectivity index (χ1) is 10.2. The maximum absolute atomic E-state index is 6.15. The quantitative estimate of drug-likeness (QED) is 0.355. The smallest absolute Gasteiger partial charge is 0.224 e. The molecule has 0 fully saturated rings. The van der Waals surface area contributed by atoms with Gasteiger partial charge in [0.2, 0.25) is 5.28 Å². The fraction of sp³-hybridized carbons (Fsp3) is 0. The van der Waals surface area contributed by atoms with E-state index < -0.39 is 0 Å². The highest BCUT2D eigenvalue weighted by molar-refractivity contribution is 7.26. The third-order valence-electron chi connectivity index (χ3n) is 3.20. The maximum Gasteiger partial charge on any atom is 0.224 e. The van der Waals surface area contributed by atoms with Crippen molar-refractivity contribution in [1.82, 2.24) is 15.0 Å². The Morgan fingerprint density at radius 2 is 1.90 bits per heavy atom. The highest BCUT2D eigenvalue weighted by Crippen LogP contribution is 2.38. The van der Waals surface area contributed by atoms with Crippen molar-refractivity contribution in [3.63, 3.8) is 0 Å². The number of pyridine rings is 1. The standard InChI is InChI=1S/C15H7Cl2N3S/c16-14-13-12(19-15(17)20-14)9-7-8(4-5-11(9)21-13)10-3-1-2-6-18-10/h1-7H. The van der Waals surface area contributed by atoms with E-state index in [4.69, 9.17) is 23.2 Å². The normalized spacial score (nSPS) is 11.3. The Morgan fingerprint density at radius 3 is 2.71 bits per heavy atom. The van der Waals surface area contributed by atoms with Gasteiger partial charge in [0.25, 0.3) is 0 Å². The van der Waals surface area contributed by atoms with Gasteiger partial charge < -0.3 is 0 Å². The zero-order valence-electron chi connectivity index (χ0n) is 10.5. The number of benzene rings is 1. The van der Waals surface area contributed by atoms with Crippen LogP contribution < -0.4 is 0 Å². The average Bonchev–Trinajstić information content (AvgIpc) is 2.86. The summed E-state index contributed by atoms with van der Waals surface area (Å²) < 4.78 is 1.96. The third kappa shape index (κ3) is 2.16. The minimum atomic E-state index is 0.162. The Labute approximate surface area is 134 Å². The molecule has 21 heavy (non-hydrogen) atoms. The third-order valence-corrected chi connectivity index (χ3v) is 4.93. The van der Waals surface area contributed by atoms with Gasteiger partial charge in [-0.3, -0.25) is 4.98 Å². The molecule has 0 saturated heterocycles. The van der Waals surface area contributed by atoms with E-state index in [1.807, 2.05) is 24.3 Å². The highest BCUT2D eigenvalue weighted by Gasteiger charge is 2.13. The van der Waals surface area contributed by atoms with E-state index in [0.29, 0.717) is 5.15 Å². The lowest BCUT2D eigenvalue weighted by Crippen LogP contribution is -1.84. The number of hydrogen-bond donors (Lipinski definition) is 0. The van der Waals surface area contributed by atoms with Crippen molar-refractivity contribution < 1.29 is 0 Å². The molecule has 1 aromatic carbocycles. The fourth-order valence-corrected chi connectivity index (χ4v) is 3.78. The van der Waals surface area contributed by atoms with Crippen LogP contribution in [-0.4, -0.2) is 15.0 Å². The summed E-state index contributed by atoms with van der Waals surface area (Å²) in [6, 6.07) is 12.0.